The van der Waals surface area contributed by atoms with Crippen LogP contribution in [0.15, 0.2) is 29.7 Å². The van der Waals surface area contributed by atoms with Gasteiger partial charge in [-0.1, -0.05) is 5.16 Å². The molecule has 0 radical (unpaired) electrons. The van der Waals surface area contributed by atoms with Gasteiger partial charge in [-0.25, -0.2) is 9.97 Å². The van der Waals surface area contributed by atoms with Crippen LogP contribution in [0.2, 0.25) is 0 Å². The van der Waals surface area contributed by atoms with Crippen LogP contribution in [0.3, 0.4) is 0 Å². The lowest BCUT2D eigenvalue weighted by Crippen LogP contribution is -2.17. The maximum absolute atomic E-state index is 4.95. The summed E-state index contributed by atoms with van der Waals surface area (Å²) in [7, 11) is 1.55. The molecule has 25 heavy (non-hydrogen) atoms. The predicted octanol–water partition coefficient (Wildman–Crippen LogP) is 3.05. The number of aryl methyl sites for hydroxylation is 2. The van der Waals surface area contributed by atoms with Crippen LogP contribution >= 0.6 is 11.3 Å². The zero-order chi connectivity index (χ0) is 17.2. The summed E-state index contributed by atoms with van der Waals surface area (Å²) in [6.45, 7) is 1.96. The van der Waals surface area contributed by atoms with Gasteiger partial charge in [0.15, 0.2) is 5.82 Å². The zero-order valence-electron chi connectivity index (χ0n) is 13.9. The number of pyridine rings is 1. The van der Waals surface area contributed by atoms with Crippen molar-refractivity contribution in [2.45, 2.75) is 26.2 Å². The maximum Gasteiger partial charge on any atom is 0.194 e. The fourth-order valence-corrected chi connectivity index (χ4v) is 3.79. The van der Waals surface area contributed by atoms with Gasteiger partial charge in [0.25, 0.3) is 0 Å². The second-order valence-electron chi connectivity index (χ2n) is 5.68. The summed E-state index contributed by atoms with van der Waals surface area (Å²) in [6, 6.07) is 3.89. The highest BCUT2D eigenvalue weighted by Gasteiger charge is 2.22. The van der Waals surface area contributed by atoms with E-state index in [0.29, 0.717) is 5.82 Å². The van der Waals surface area contributed by atoms with Gasteiger partial charge >= 0.3 is 0 Å². The highest BCUT2D eigenvalue weighted by molar-refractivity contribution is 7.18. The first kappa shape index (κ1) is 15.8. The van der Waals surface area contributed by atoms with Crippen LogP contribution in [0.5, 0.6) is 0 Å². The largest absolute Gasteiger partial charge is 0.399 e. The van der Waals surface area contributed by atoms with E-state index in [1.807, 2.05) is 19.1 Å². The second-order valence-corrected chi connectivity index (χ2v) is 6.68. The molecule has 7 nitrogen and oxygen atoms in total. The quantitative estimate of drug-likeness (QED) is 0.673. The van der Waals surface area contributed by atoms with Gasteiger partial charge in [0.1, 0.15) is 23.5 Å². The lowest BCUT2D eigenvalue weighted by atomic mass is 9.99. The molecule has 0 fully saturated rings. The Labute approximate surface area is 148 Å². The Balaban J connectivity index is 1.77. The third kappa shape index (κ3) is 3.00. The summed E-state index contributed by atoms with van der Waals surface area (Å²) >= 11 is 1.54. The van der Waals surface area contributed by atoms with Crippen molar-refractivity contribution in [3.8, 4) is 21.3 Å². The molecule has 3 aromatic rings. The number of aromatic nitrogens is 5. The van der Waals surface area contributed by atoms with Gasteiger partial charge in [-0.3, -0.25) is 4.98 Å². The van der Waals surface area contributed by atoms with E-state index in [0.717, 1.165) is 57.5 Å². The van der Waals surface area contributed by atoms with E-state index in [-0.39, 0.29) is 0 Å². The molecule has 0 saturated carbocycles. The number of fused-ring (bicyclic) bond motifs is 1. The van der Waals surface area contributed by atoms with E-state index in [4.69, 9.17) is 9.82 Å². The second kappa shape index (κ2) is 6.64. The molecule has 0 unspecified atom stereocenters. The van der Waals surface area contributed by atoms with Crippen molar-refractivity contribution in [1.29, 1.82) is 0 Å². The molecule has 0 spiro atoms. The molecular formula is C17H16N6OS. The SMILES string of the molecule is CON=C1CCCc2nnc(-c3sc(-c4cccnc4)nc3C)nc21. The van der Waals surface area contributed by atoms with Crippen LogP contribution in [-0.4, -0.2) is 38.0 Å². The molecule has 4 rings (SSSR count). The number of oxime groups is 1. The number of thiazole rings is 1. The van der Waals surface area contributed by atoms with Gasteiger partial charge in [0, 0.05) is 18.0 Å². The van der Waals surface area contributed by atoms with Crippen LogP contribution in [0.25, 0.3) is 21.3 Å². The van der Waals surface area contributed by atoms with Crippen molar-refractivity contribution in [2.24, 2.45) is 5.16 Å². The van der Waals surface area contributed by atoms with Gasteiger partial charge in [0.2, 0.25) is 0 Å². The summed E-state index contributed by atoms with van der Waals surface area (Å²) < 4.78 is 0. The molecule has 8 heteroatoms. The maximum atomic E-state index is 4.95. The summed E-state index contributed by atoms with van der Waals surface area (Å²) in [4.78, 5) is 19.4. The molecular weight excluding hydrogens is 336 g/mol. The summed E-state index contributed by atoms with van der Waals surface area (Å²) in [5.74, 6) is 0.578. The number of hydrogen-bond donors (Lipinski definition) is 0. The molecule has 0 bridgehead atoms. The van der Waals surface area contributed by atoms with Crippen molar-refractivity contribution in [1.82, 2.24) is 25.1 Å². The molecule has 3 heterocycles. The Morgan fingerprint density at radius 2 is 2.12 bits per heavy atom. The Bertz CT molecular complexity index is 938. The van der Waals surface area contributed by atoms with E-state index in [1.54, 1.807) is 30.8 Å². The minimum Gasteiger partial charge on any atom is -0.399 e. The van der Waals surface area contributed by atoms with Gasteiger partial charge in [-0.15, -0.1) is 16.4 Å². The molecule has 0 aliphatic heterocycles. The first-order chi connectivity index (χ1) is 12.3. The number of nitrogens with zero attached hydrogens (tertiary/aromatic N) is 6. The average molecular weight is 352 g/mol. The van der Waals surface area contributed by atoms with Crippen molar-refractivity contribution in [3.63, 3.8) is 0 Å². The predicted molar refractivity (Wildman–Crippen MR) is 95.4 cm³/mol. The average Bonchev–Trinajstić information content (AvgIpc) is 3.04. The Morgan fingerprint density at radius 3 is 2.92 bits per heavy atom. The molecule has 1 aliphatic rings. The topological polar surface area (TPSA) is 86.0 Å². The van der Waals surface area contributed by atoms with Crippen LogP contribution < -0.4 is 0 Å². The van der Waals surface area contributed by atoms with Crippen LogP contribution in [0, 0.1) is 6.92 Å². The number of hydrogen-bond acceptors (Lipinski definition) is 8. The van der Waals surface area contributed by atoms with E-state index >= 15 is 0 Å². The van der Waals surface area contributed by atoms with Crippen molar-refractivity contribution in [2.75, 3.05) is 7.11 Å². The first-order valence-corrected chi connectivity index (χ1v) is 8.80. The fraction of sp³-hybridized carbons (Fsp3) is 0.294. The summed E-state index contributed by atoms with van der Waals surface area (Å²) in [5.41, 5.74) is 4.35. The molecule has 1 aliphatic carbocycles. The van der Waals surface area contributed by atoms with E-state index in [9.17, 15) is 0 Å². The van der Waals surface area contributed by atoms with Crippen LogP contribution in [0.1, 0.15) is 29.9 Å². The van der Waals surface area contributed by atoms with E-state index in [1.165, 1.54) is 0 Å². The molecule has 126 valence electrons. The van der Waals surface area contributed by atoms with E-state index < -0.39 is 0 Å². The van der Waals surface area contributed by atoms with Crippen molar-refractivity contribution < 1.29 is 4.84 Å². The standard InChI is InChI=1S/C17H16N6OS/c1-10-15(25-17(19-10)11-5-4-8-18-9-11)16-20-14-12(21-22-16)6-3-7-13(14)23-24-2/h4-5,8-9H,3,6-7H2,1-2H3. The Morgan fingerprint density at radius 1 is 1.20 bits per heavy atom. The minimum atomic E-state index is 0.578. The highest BCUT2D eigenvalue weighted by Crippen LogP contribution is 2.33. The third-order valence-electron chi connectivity index (χ3n) is 3.97. The molecule has 0 saturated heterocycles. The Hall–Kier alpha value is -2.74. The molecule has 0 aromatic carbocycles. The van der Waals surface area contributed by atoms with Gasteiger partial charge in [-0.2, -0.15) is 5.10 Å². The molecule has 0 amide bonds. The fourth-order valence-electron chi connectivity index (χ4n) is 2.80. The summed E-state index contributed by atoms with van der Waals surface area (Å²) in [5, 5.41) is 13.7. The van der Waals surface area contributed by atoms with Gasteiger partial charge in [0.05, 0.1) is 16.3 Å². The van der Waals surface area contributed by atoms with Crippen LogP contribution in [-0.2, 0) is 11.3 Å². The van der Waals surface area contributed by atoms with Crippen LogP contribution in [0.4, 0.5) is 0 Å². The molecule has 0 N–H and O–H groups in total. The molecule has 3 aromatic heterocycles. The first-order valence-electron chi connectivity index (χ1n) is 7.98. The summed E-state index contributed by atoms with van der Waals surface area (Å²) in [6.07, 6.45) is 6.23. The van der Waals surface area contributed by atoms with Crippen molar-refractivity contribution in [3.05, 3.63) is 41.6 Å². The minimum absolute atomic E-state index is 0.578. The Kier molecular flexibility index (Phi) is 4.19. The lowest BCUT2D eigenvalue weighted by molar-refractivity contribution is 0.212. The van der Waals surface area contributed by atoms with E-state index in [2.05, 4.69) is 25.3 Å². The van der Waals surface area contributed by atoms with Gasteiger partial charge in [-0.05, 0) is 38.3 Å². The highest BCUT2D eigenvalue weighted by atomic mass is 32.1. The smallest absolute Gasteiger partial charge is 0.194 e. The zero-order valence-corrected chi connectivity index (χ0v) is 14.7. The lowest BCUT2D eigenvalue weighted by Gasteiger charge is -2.14. The van der Waals surface area contributed by atoms with Gasteiger partial charge < -0.3 is 4.84 Å². The van der Waals surface area contributed by atoms with Crippen molar-refractivity contribution >= 4 is 17.0 Å². The normalized spacial score (nSPS) is 15.2. The molecule has 0 atom stereocenters. The number of rotatable bonds is 3. The third-order valence-corrected chi connectivity index (χ3v) is 5.17. The monoisotopic (exact) mass is 352 g/mol.